The summed E-state index contributed by atoms with van der Waals surface area (Å²) in [5.41, 5.74) is -0.0152. The summed E-state index contributed by atoms with van der Waals surface area (Å²) in [5.74, 6) is -0.0259. The standard InChI is InChI=1S/C18H27N3O3S.ClH/c1-18(2,3)20-25(23,24)16-8-4-13(5-9-16)17(22)21-11-10-14-6-7-15(12-21)19-14;/h4-5,8-9,14-15,19-20H,6-7,10-12H2,1-3H3;1H. The molecule has 1 aromatic carbocycles. The van der Waals surface area contributed by atoms with E-state index in [1.54, 1.807) is 32.9 Å². The number of sulfonamides is 1. The topological polar surface area (TPSA) is 78.5 Å². The van der Waals surface area contributed by atoms with Gasteiger partial charge in [-0.15, -0.1) is 12.4 Å². The summed E-state index contributed by atoms with van der Waals surface area (Å²) in [6.07, 6.45) is 3.29. The van der Waals surface area contributed by atoms with E-state index < -0.39 is 15.6 Å². The van der Waals surface area contributed by atoms with Crippen LogP contribution in [0.25, 0.3) is 0 Å². The van der Waals surface area contributed by atoms with Gasteiger partial charge < -0.3 is 10.2 Å². The van der Waals surface area contributed by atoms with E-state index in [0.29, 0.717) is 17.6 Å². The molecule has 146 valence electrons. The van der Waals surface area contributed by atoms with Crippen molar-refractivity contribution in [1.29, 1.82) is 0 Å². The van der Waals surface area contributed by atoms with Crippen LogP contribution in [0.15, 0.2) is 29.2 Å². The van der Waals surface area contributed by atoms with Crippen LogP contribution in [0, 0.1) is 0 Å². The number of carbonyl (C=O) groups is 1. The third-order valence-corrected chi connectivity index (χ3v) is 6.44. The molecule has 0 spiro atoms. The zero-order chi connectivity index (χ0) is 18.2. The van der Waals surface area contributed by atoms with Gasteiger partial charge in [-0.1, -0.05) is 0 Å². The van der Waals surface area contributed by atoms with E-state index in [2.05, 4.69) is 10.0 Å². The fourth-order valence-corrected chi connectivity index (χ4v) is 4.97. The van der Waals surface area contributed by atoms with Crippen molar-refractivity contribution in [3.05, 3.63) is 29.8 Å². The number of fused-ring (bicyclic) bond motifs is 2. The van der Waals surface area contributed by atoms with Crippen molar-refractivity contribution in [2.24, 2.45) is 0 Å². The Bertz CT molecular complexity index is 744. The molecule has 0 radical (unpaired) electrons. The van der Waals surface area contributed by atoms with Crippen molar-refractivity contribution in [3.8, 4) is 0 Å². The molecule has 8 heteroatoms. The van der Waals surface area contributed by atoms with Crippen LogP contribution < -0.4 is 10.0 Å². The molecule has 2 saturated heterocycles. The first-order valence-electron chi connectivity index (χ1n) is 8.83. The number of amides is 1. The first-order valence-corrected chi connectivity index (χ1v) is 10.3. The molecule has 2 fully saturated rings. The molecule has 2 N–H and O–H groups in total. The molecule has 1 amide bonds. The summed E-state index contributed by atoms with van der Waals surface area (Å²) < 4.78 is 27.3. The van der Waals surface area contributed by atoms with Gasteiger partial charge in [-0.2, -0.15) is 0 Å². The van der Waals surface area contributed by atoms with Gasteiger partial charge in [0, 0.05) is 36.3 Å². The van der Waals surface area contributed by atoms with Crippen LogP contribution in [0.3, 0.4) is 0 Å². The Morgan fingerprint density at radius 3 is 2.35 bits per heavy atom. The van der Waals surface area contributed by atoms with Gasteiger partial charge >= 0.3 is 0 Å². The molecule has 2 heterocycles. The second-order valence-electron chi connectivity index (χ2n) is 8.06. The minimum Gasteiger partial charge on any atom is -0.337 e. The molecule has 6 nitrogen and oxygen atoms in total. The van der Waals surface area contributed by atoms with E-state index in [9.17, 15) is 13.2 Å². The summed E-state index contributed by atoms with van der Waals surface area (Å²) >= 11 is 0. The van der Waals surface area contributed by atoms with Crippen molar-refractivity contribution in [2.45, 2.75) is 62.6 Å². The Morgan fingerprint density at radius 1 is 1.12 bits per heavy atom. The van der Waals surface area contributed by atoms with Gasteiger partial charge in [0.05, 0.1) is 4.90 Å². The third kappa shape index (κ3) is 4.97. The highest BCUT2D eigenvalue weighted by molar-refractivity contribution is 7.89. The number of rotatable bonds is 3. The normalized spacial score (nSPS) is 23.3. The van der Waals surface area contributed by atoms with Crippen LogP contribution in [0.4, 0.5) is 0 Å². The number of hydrogen-bond donors (Lipinski definition) is 2. The molecule has 2 aliphatic heterocycles. The van der Waals surface area contributed by atoms with Gasteiger partial charge in [0.25, 0.3) is 5.91 Å². The van der Waals surface area contributed by atoms with Crippen molar-refractivity contribution < 1.29 is 13.2 Å². The van der Waals surface area contributed by atoms with Crippen molar-refractivity contribution in [1.82, 2.24) is 14.9 Å². The zero-order valence-corrected chi connectivity index (χ0v) is 17.1. The molecular weight excluding hydrogens is 374 g/mol. The second kappa shape index (κ2) is 7.84. The Kier molecular flexibility index (Phi) is 6.38. The van der Waals surface area contributed by atoms with E-state index in [1.165, 1.54) is 18.6 Å². The molecule has 2 unspecified atom stereocenters. The number of halogens is 1. The SMILES string of the molecule is CC(C)(C)NS(=O)(=O)c1ccc(C(=O)N2CCC3CCC(C2)N3)cc1.Cl. The number of nitrogens with zero attached hydrogens (tertiary/aromatic N) is 1. The minimum atomic E-state index is -3.58. The highest BCUT2D eigenvalue weighted by Crippen LogP contribution is 2.22. The molecule has 2 atom stereocenters. The largest absolute Gasteiger partial charge is 0.337 e. The van der Waals surface area contributed by atoms with Gasteiger partial charge in [0.2, 0.25) is 10.0 Å². The molecule has 2 bridgehead atoms. The Morgan fingerprint density at radius 2 is 1.73 bits per heavy atom. The van der Waals surface area contributed by atoms with E-state index in [1.807, 2.05) is 4.90 Å². The van der Waals surface area contributed by atoms with E-state index >= 15 is 0 Å². The first-order chi connectivity index (χ1) is 11.6. The lowest BCUT2D eigenvalue weighted by Gasteiger charge is -2.24. The lowest BCUT2D eigenvalue weighted by Crippen LogP contribution is -2.40. The Hall–Kier alpha value is -1.15. The monoisotopic (exact) mass is 401 g/mol. The average Bonchev–Trinajstić information content (AvgIpc) is 2.83. The molecule has 0 saturated carbocycles. The van der Waals surface area contributed by atoms with E-state index in [-0.39, 0.29) is 23.2 Å². The fourth-order valence-electron chi connectivity index (χ4n) is 3.55. The van der Waals surface area contributed by atoms with E-state index in [0.717, 1.165) is 25.9 Å². The van der Waals surface area contributed by atoms with Crippen LogP contribution in [0.5, 0.6) is 0 Å². The molecule has 0 aromatic heterocycles. The summed E-state index contributed by atoms with van der Waals surface area (Å²) in [5, 5.41) is 3.56. The molecular formula is C18H28ClN3O3S. The summed E-state index contributed by atoms with van der Waals surface area (Å²) in [4.78, 5) is 14.8. The van der Waals surface area contributed by atoms with Crippen LogP contribution >= 0.6 is 12.4 Å². The molecule has 1 aromatic rings. The van der Waals surface area contributed by atoms with Crippen molar-refractivity contribution in [2.75, 3.05) is 13.1 Å². The molecule has 3 rings (SSSR count). The zero-order valence-electron chi connectivity index (χ0n) is 15.5. The number of likely N-dealkylation sites (tertiary alicyclic amines) is 1. The quantitative estimate of drug-likeness (QED) is 0.813. The van der Waals surface area contributed by atoms with Gasteiger partial charge in [-0.3, -0.25) is 4.79 Å². The smallest absolute Gasteiger partial charge is 0.253 e. The predicted octanol–water partition coefficient (Wildman–Crippen LogP) is 2.15. The summed E-state index contributed by atoms with van der Waals surface area (Å²) in [6.45, 7) is 6.86. The van der Waals surface area contributed by atoms with Crippen molar-refractivity contribution >= 4 is 28.3 Å². The van der Waals surface area contributed by atoms with Crippen molar-refractivity contribution in [3.63, 3.8) is 0 Å². The number of nitrogens with one attached hydrogen (secondary N) is 2. The first kappa shape index (κ1) is 21.2. The predicted molar refractivity (Wildman–Crippen MR) is 104 cm³/mol. The van der Waals surface area contributed by atoms with Crippen LogP contribution in [-0.2, 0) is 10.0 Å². The number of hydrogen-bond acceptors (Lipinski definition) is 4. The van der Waals surface area contributed by atoms with Gasteiger partial charge in [-0.25, -0.2) is 13.1 Å². The van der Waals surface area contributed by atoms with Crippen LogP contribution in [-0.4, -0.2) is 49.9 Å². The Balaban J connectivity index is 0.00000243. The van der Waals surface area contributed by atoms with Crippen LogP contribution in [0.1, 0.15) is 50.4 Å². The summed E-state index contributed by atoms with van der Waals surface area (Å²) in [7, 11) is -3.58. The highest BCUT2D eigenvalue weighted by Gasteiger charge is 2.31. The Labute approximate surface area is 162 Å². The van der Waals surface area contributed by atoms with Gasteiger partial charge in [0.1, 0.15) is 0 Å². The number of carbonyl (C=O) groups excluding carboxylic acids is 1. The third-order valence-electron chi connectivity index (χ3n) is 4.66. The second-order valence-corrected chi connectivity index (χ2v) is 9.74. The maximum atomic E-state index is 12.8. The number of benzene rings is 1. The minimum absolute atomic E-state index is 0. The average molecular weight is 402 g/mol. The fraction of sp³-hybridized carbons (Fsp3) is 0.611. The molecule has 0 aliphatic carbocycles. The maximum absolute atomic E-state index is 12.8. The maximum Gasteiger partial charge on any atom is 0.253 e. The van der Waals surface area contributed by atoms with E-state index in [4.69, 9.17) is 0 Å². The van der Waals surface area contributed by atoms with Gasteiger partial charge in [0.15, 0.2) is 0 Å². The lowest BCUT2D eigenvalue weighted by molar-refractivity contribution is 0.0748. The lowest BCUT2D eigenvalue weighted by atomic mass is 10.1. The van der Waals surface area contributed by atoms with Gasteiger partial charge in [-0.05, 0) is 64.3 Å². The van der Waals surface area contributed by atoms with Crippen LogP contribution in [0.2, 0.25) is 0 Å². The molecule has 26 heavy (non-hydrogen) atoms. The highest BCUT2D eigenvalue weighted by atomic mass is 35.5. The summed E-state index contributed by atoms with van der Waals surface area (Å²) in [6, 6.07) is 7.13. The molecule has 2 aliphatic rings.